The van der Waals surface area contributed by atoms with Gasteiger partial charge < -0.3 is 15.7 Å². The van der Waals surface area contributed by atoms with Crippen molar-refractivity contribution in [1.82, 2.24) is 15.3 Å². The number of rotatable bonds is 7. The number of nitrogens with zero attached hydrogens (tertiary/aromatic N) is 2. The number of fused-ring (bicyclic) bond motifs is 1. The van der Waals surface area contributed by atoms with E-state index in [1.165, 1.54) is 0 Å². The molecule has 1 aliphatic carbocycles. The lowest BCUT2D eigenvalue weighted by Crippen LogP contribution is -2.36. The van der Waals surface area contributed by atoms with Crippen LogP contribution in [0.2, 0.25) is 0 Å². The highest BCUT2D eigenvalue weighted by atomic mass is 32.1. The van der Waals surface area contributed by atoms with Gasteiger partial charge >= 0.3 is 0 Å². The molecule has 0 radical (unpaired) electrons. The van der Waals surface area contributed by atoms with Gasteiger partial charge in [0.15, 0.2) is 5.78 Å². The van der Waals surface area contributed by atoms with E-state index in [-0.39, 0.29) is 5.78 Å². The Hall–Kier alpha value is -2.35. The Labute approximate surface area is 198 Å². The van der Waals surface area contributed by atoms with Crippen molar-refractivity contribution < 1.29 is 9.90 Å². The number of benzene rings is 1. The standard InChI is InChI=1S/C26H32N4O2S/c1-26(32)10-6-20(7-11-26)28-25-24-21(9-13-33-24)29-23(30-25)15-17-2-4-19(5-3-17)22(31)14-18-8-12-27-16-18/h2-5,9,13,18,20,27,32H,6-8,10-12,14-16H2,1H3,(H,28,29,30)/t18-,20?,26?/m0/s1. The Kier molecular flexibility index (Phi) is 6.45. The first-order valence-corrected chi connectivity index (χ1v) is 12.9. The van der Waals surface area contributed by atoms with Crippen LogP contribution in [0.5, 0.6) is 0 Å². The van der Waals surface area contributed by atoms with Gasteiger partial charge in [-0.2, -0.15) is 0 Å². The summed E-state index contributed by atoms with van der Waals surface area (Å²) in [5.74, 6) is 2.36. The molecule has 1 saturated heterocycles. The van der Waals surface area contributed by atoms with Crippen LogP contribution < -0.4 is 10.6 Å². The van der Waals surface area contributed by atoms with E-state index in [0.29, 0.717) is 24.8 Å². The van der Waals surface area contributed by atoms with Crippen LogP contribution in [0.4, 0.5) is 5.82 Å². The predicted molar refractivity (Wildman–Crippen MR) is 133 cm³/mol. The van der Waals surface area contributed by atoms with Crippen LogP contribution in [0.3, 0.4) is 0 Å². The molecule has 0 spiro atoms. The maximum atomic E-state index is 12.6. The molecule has 1 aliphatic heterocycles. The molecule has 3 heterocycles. The summed E-state index contributed by atoms with van der Waals surface area (Å²) >= 11 is 1.66. The maximum absolute atomic E-state index is 12.6. The molecule has 1 saturated carbocycles. The van der Waals surface area contributed by atoms with E-state index in [2.05, 4.69) is 16.0 Å². The molecule has 6 nitrogen and oxygen atoms in total. The molecule has 1 aromatic carbocycles. The average molecular weight is 465 g/mol. The zero-order valence-electron chi connectivity index (χ0n) is 19.1. The summed E-state index contributed by atoms with van der Waals surface area (Å²) in [4.78, 5) is 22.2. The van der Waals surface area contributed by atoms with Gasteiger partial charge in [0.05, 0.1) is 15.8 Å². The number of aromatic nitrogens is 2. The van der Waals surface area contributed by atoms with Crippen molar-refractivity contribution in [2.24, 2.45) is 5.92 Å². The first kappa shape index (κ1) is 22.4. The van der Waals surface area contributed by atoms with E-state index in [1.807, 2.05) is 37.3 Å². The smallest absolute Gasteiger partial charge is 0.163 e. The fourth-order valence-electron chi connectivity index (χ4n) is 4.93. The number of carbonyl (C=O) groups is 1. The predicted octanol–water partition coefficient (Wildman–Crippen LogP) is 4.57. The van der Waals surface area contributed by atoms with E-state index in [1.54, 1.807) is 11.3 Å². The summed E-state index contributed by atoms with van der Waals surface area (Å²) in [5, 5.41) is 19.3. The largest absolute Gasteiger partial charge is 0.390 e. The van der Waals surface area contributed by atoms with Crippen molar-refractivity contribution >= 4 is 33.2 Å². The highest BCUT2D eigenvalue weighted by Gasteiger charge is 2.29. The Morgan fingerprint density at radius 2 is 1.97 bits per heavy atom. The van der Waals surface area contributed by atoms with E-state index in [4.69, 9.17) is 9.97 Å². The van der Waals surface area contributed by atoms with Crippen molar-refractivity contribution in [2.45, 2.75) is 63.5 Å². The van der Waals surface area contributed by atoms with Gasteiger partial charge in [0, 0.05) is 24.4 Å². The van der Waals surface area contributed by atoms with Crippen molar-refractivity contribution in [3.8, 4) is 0 Å². The molecule has 3 N–H and O–H groups in total. The van der Waals surface area contributed by atoms with Crippen LogP contribution in [0.25, 0.3) is 10.2 Å². The zero-order valence-corrected chi connectivity index (χ0v) is 20.0. The van der Waals surface area contributed by atoms with Crippen molar-refractivity contribution in [1.29, 1.82) is 0 Å². The number of nitrogens with one attached hydrogen (secondary N) is 2. The van der Waals surface area contributed by atoms with Gasteiger partial charge in [0.2, 0.25) is 0 Å². The summed E-state index contributed by atoms with van der Waals surface area (Å²) in [5.41, 5.74) is 2.31. The van der Waals surface area contributed by atoms with Crippen LogP contribution in [-0.2, 0) is 6.42 Å². The van der Waals surface area contributed by atoms with Gasteiger partial charge in [-0.3, -0.25) is 4.79 Å². The number of ketones is 1. The minimum Gasteiger partial charge on any atom is -0.390 e. The lowest BCUT2D eigenvalue weighted by Gasteiger charge is -2.33. The molecule has 2 aliphatic rings. The summed E-state index contributed by atoms with van der Waals surface area (Å²) in [6.45, 7) is 3.89. The summed E-state index contributed by atoms with van der Waals surface area (Å²) in [6.07, 6.45) is 5.81. The number of hydrogen-bond acceptors (Lipinski definition) is 7. The molecule has 2 fully saturated rings. The molecule has 3 aromatic rings. The molecule has 7 heteroatoms. The topological polar surface area (TPSA) is 87.1 Å². The molecule has 33 heavy (non-hydrogen) atoms. The van der Waals surface area contributed by atoms with E-state index >= 15 is 0 Å². The van der Waals surface area contributed by atoms with Gasteiger partial charge in [-0.25, -0.2) is 9.97 Å². The van der Waals surface area contributed by atoms with Crippen LogP contribution in [0.1, 0.15) is 67.2 Å². The first-order valence-electron chi connectivity index (χ1n) is 12.0. The number of carbonyl (C=O) groups excluding carboxylic acids is 1. The highest BCUT2D eigenvalue weighted by molar-refractivity contribution is 7.17. The molecule has 2 aromatic heterocycles. The Morgan fingerprint density at radius 1 is 1.18 bits per heavy atom. The molecule has 0 amide bonds. The van der Waals surface area contributed by atoms with Crippen LogP contribution in [-0.4, -0.2) is 45.6 Å². The minimum atomic E-state index is -0.547. The summed E-state index contributed by atoms with van der Waals surface area (Å²) in [7, 11) is 0. The van der Waals surface area contributed by atoms with Crippen molar-refractivity contribution in [3.63, 3.8) is 0 Å². The normalized spacial score (nSPS) is 25.4. The molecule has 0 unspecified atom stereocenters. The third-order valence-electron chi connectivity index (χ3n) is 7.03. The minimum absolute atomic E-state index is 0.226. The molecule has 1 atom stereocenters. The monoisotopic (exact) mass is 464 g/mol. The van der Waals surface area contributed by atoms with E-state index < -0.39 is 5.60 Å². The maximum Gasteiger partial charge on any atom is 0.163 e. The lowest BCUT2D eigenvalue weighted by molar-refractivity contribution is 0.0196. The Balaban J connectivity index is 1.28. The zero-order chi connectivity index (χ0) is 22.8. The van der Waals surface area contributed by atoms with Crippen LogP contribution >= 0.6 is 11.3 Å². The second-order valence-corrected chi connectivity index (χ2v) is 10.8. The number of hydrogen-bond donors (Lipinski definition) is 3. The number of aliphatic hydroxyl groups is 1. The van der Waals surface area contributed by atoms with Gasteiger partial charge in [-0.1, -0.05) is 24.3 Å². The molecular formula is C26H32N4O2S. The second-order valence-electron chi connectivity index (χ2n) is 9.90. The van der Waals surface area contributed by atoms with Crippen molar-refractivity contribution in [3.05, 3.63) is 52.7 Å². The van der Waals surface area contributed by atoms with Gasteiger partial charge in [0.25, 0.3) is 0 Å². The van der Waals surface area contributed by atoms with Gasteiger partial charge in [-0.15, -0.1) is 11.3 Å². The number of thiophene rings is 1. The van der Waals surface area contributed by atoms with E-state index in [0.717, 1.165) is 78.2 Å². The molecular weight excluding hydrogens is 432 g/mol. The summed E-state index contributed by atoms with van der Waals surface area (Å²) < 4.78 is 1.08. The van der Waals surface area contributed by atoms with E-state index in [9.17, 15) is 9.90 Å². The fourth-order valence-corrected chi connectivity index (χ4v) is 5.71. The SMILES string of the molecule is CC1(O)CCC(Nc2nc(Cc3ccc(C(=O)C[C@@H]4CCNC4)cc3)nc3ccsc23)CC1. The first-order chi connectivity index (χ1) is 15.9. The summed E-state index contributed by atoms with van der Waals surface area (Å²) in [6, 6.07) is 10.3. The fraction of sp³-hybridized carbons (Fsp3) is 0.500. The molecule has 174 valence electrons. The third-order valence-corrected chi connectivity index (χ3v) is 7.94. The average Bonchev–Trinajstić information content (AvgIpc) is 3.48. The highest BCUT2D eigenvalue weighted by Crippen LogP contribution is 2.32. The van der Waals surface area contributed by atoms with Gasteiger partial charge in [-0.05, 0) is 75.0 Å². The second kappa shape index (κ2) is 9.49. The van der Waals surface area contributed by atoms with Crippen LogP contribution in [0.15, 0.2) is 35.7 Å². The van der Waals surface area contributed by atoms with Crippen molar-refractivity contribution in [2.75, 3.05) is 18.4 Å². The third kappa shape index (κ3) is 5.42. The Morgan fingerprint density at radius 3 is 2.70 bits per heavy atom. The lowest BCUT2D eigenvalue weighted by atomic mass is 9.84. The molecule has 0 bridgehead atoms. The number of Topliss-reactive ketones (excluding diaryl/α,β-unsaturated/α-hetero) is 1. The quantitative estimate of drug-likeness (QED) is 0.444. The van der Waals surface area contributed by atoms with Gasteiger partial charge in [0.1, 0.15) is 11.6 Å². The Bertz CT molecular complexity index is 1110. The number of anilines is 1. The van der Waals surface area contributed by atoms with Crippen LogP contribution in [0, 0.1) is 5.92 Å². The molecule has 5 rings (SSSR count).